The Morgan fingerprint density at radius 3 is 2.60 bits per heavy atom. The van der Waals surface area contributed by atoms with Crippen molar-refractivity contribution < 1.29 is 0 Å². The molecular formula is C18H30N2. The van der Waals surface area contributed by atoms with E-state index >= 15 is 0 Å². The second-order valence-corrected chi connectivity index (χ2v) is 6.21. The first-order valence-electron chi connectivity index (χ1n) is 8.27. The molecule has 0 saturated carbocycles. The fourth-order valence-electron chi connectivity index (χ4n) is 3.23. The number of piperidine rings is 1. The summed E-state index contributed by atoms with van der Waals surface area (Å²) in [5.41, 5.74) is 2.86. The minimum Gasteiger partial charge on any atom is -0.309 e. The lowest BCUT2D eigenvalue weighted by Crippen LogP contribution is -2.40. The minimum atomic E-state index is 0.469. The average Bonchev–Trinajstić information content (AvgIpc) is 2.47. The van der Waals surface area contributed by atoms with E-state index in [0.717, 1.165) is 25.4 Å². The second-order valence-electron chi connectivity index (χ2n) is 6.21. The van der Waals surface area contributed by atoms with E-state index in [1.807, 2.05) is 0 Å². The van der Waals surface area contributed by atoms with Crippen LogP contribution in [0.25, 0.3) is 0 Å². The normalized spacial score (nSPS) is 21.9. The molecule has 1 aliphatic heterocycles. The van der Waals surface area contributed by atoms with Crippen molar-refractivity contribution in [1.29, 1.82) is 0 Å². The SMILES string of the molecule is CCNC(CN1CCCC(C)C1)c1ccc(CC)cc1. The van der Waals surface area contributed by atoms with Crippen LogP contribution >= 0.6 is 0 Å². The van der Waals surface area contributed by atoms with Crippen LogP contribution in [0.1, 0.15) is 50.8 Å². The van der Waals surface area contributed by atoms with Crippen molar-refractivity contribution in [2.45, 2.75) is 46.1 Å². The van der Waals surface area contributed by atoms with Gasteiger partial charge >= 0.3 is 0 Å². The molecule has 0 amide bonds. The number of rotatable bonds is 6. The van der Waals surface area contributed by atoms with Gasteiger partial charge in [-0.2, -0.15) is 0 Å². The maximum atomic E-state index is 3.66. The lowest BCUT2D eigenvalue weighted by molar-refractivity contribution is 0.167. The number of aryl methyl sites for hydroxylation is 1. The van der Waals surface area contributed by atoms with Crippen LogP contribution < -0.4 is 5.32 Å². The van der Waals surface area contributed by atoms with Gasteiger partial charge in [0.25, 0.3) is 0 Å². The first kappa shape index (κ1) is 15.5. The van der Waals surface area contributed by atoms with Crippen molar-refractivity contribution in [2.24, 2.45) is 5.92 Å². The molecule has 1 aliphatic rings. The van der Waals surface area contributed by atoms with Crippen LogP contribution in [0.4, 0.5) is 0 Å². The van der Waals surface area contributed by atoms with Crippen LogP contribution in [0.15, 0.2) is 24.3 Å². The highest BCUT2D eigenvalue weighted by atomic mass is 15.2. The van der Waals surface area contributed by atoms with Crippen molar-refractivity contribution in [3.63, 3.8) is 0 Å². The molecule has 1 aromatic rings. The molecule has 112 valence electrons. The zero-order chi connectivity index (χ0) is 14.4. The van der Waals surface area contributed by atoms with Crippen molar-refractivity contribution in [3.8, 4) is 0 Å². The van der Waals surface area contributed by atoms with E-state index in [9.17, 15) is 0 Å². The van der Waals surface area contributed by atoms with E-state index in [1.54, 1.807) is 0 Å². The monoisotopic (exact) mass is 274 g/mol. The predicted molar refractivity (Wildman–Crippen MR) is 87.1 cm³/mol. The molecule has 2 unspecified atom stereocenters. The van der Waals surface area contributed by atoms with Gasteiger partial charge in [-0.25, -0.2) is 0 Å². The largest absolute Gasteiger partial charge is 0.309 e. The molecule has 1 N–H and O–H groups in total. The van der Waals surface area contributed by atoms with Gasteiger partial charge in [0, 0.05) is 19.1 Å². The van der Waals surface area contributed by atoms with Crippen LogP contribution in [0.5, 0.6) is 0 Å². The lowest BCUT2D eigenvalue weighted by atomic mass is 9.98. The first-order chi connectivity index (χ1) is 9.72. The number of likely N-dealkylation sites (tertiary alicyclic amines) is 1. The fraction of sp³-hybridized carbons (Fsp3) is 0.667. The third-order valence-electron chi connectivity index (χ3n) is 4.42. The number of nitrogens with zero attached hydrogens (tertiary/aromatic N) is 1. The van der Waals surface area contributed by atoms with Gasteiger partial charge in [-0.15, -0.1) is 0 Å². The summed E-state index contributed by atoms with van der Waals surface area (Å²) in [5.74, 6) is 0.855. The fourth-order valence-corrected chi connectivity index (χ4v) is 3.23. The van der Waals surface area contributed by atoms with Gasteiger partial charge in [0.2, 0.25) is 0 Å². The van der Waals surface area contributed by atoms with Crippen LogP contribution in [-0.4, -0.2) is 31.1 Å². The molecule has 2 nitrogen and oxygen atoms in total. The molecule has 20 heavy (non-hydrogen) atoms. The van der Waals surface area contributed by atoms with E-state index in [-0.39, 0.29) is 0 Å². The van der Waals surface area contributed by atoms with Crippen molar-refractivity contribution in [3.05, 3.63) is 35.4 Å². The summed E-state index contributed by atoms with van der Waals surface area (Å²) in [5, 5.41) is 3.66. The highest BCUT2D eigenvalue weighted by Gasteiger charge is 2.20. The molecule has 1 heterocycles. The topological polar surface area (TPSA) is 15.3 Å². The van der Waals surface area contributed by atoms with Gasteiger partial charge in [0.05, 0.1) is 0 Å². The summed E-state index contributed by atoms with van der Waals surface area (Å²) in [4.78, 5) is 2.63. The van der Waals surface area contributed by atoms with Crippen molar-refractivity contribution >= 4 is 0 Å². The van der Waals surface area contributed by atoms with Gasteiger partial charge in [-0.3, -0.25) is 0 Å². The molecular weight excluding hydrogens is 244 g/mol. The molecule has 0 radical (unpaired) electrons. The Bertz CT molecular complexity index is 385. The first-order valence-corrected chi connectivity index (χ1v) is 8.27. The van der Waals surface area contributed by atoms with E-state index in [0.29, 0.717) is 6.04 Å². The van der Waals surface area contributed by atoms with E-state index in [4.69, 9.17) is 0 Å². The maximum Gasteiger partial charge on any atom is 0.0449 e. The quantitative estimate of drug-likeness (QED) is 0.852. The molecule has 1 saturated heterocycles. The van der Waals surface area contributed by atoms with E-state index < -0.39 is 0 Å². The van der Waals surface area contributed by atoms with Crippen molar-refractivity contribution in [1.82, 2.24) is 10.2 Å². The molecule has 2 atom stereocenters. The Labute approximate surface area is 124 Å². The van der Waals surface area contributed by atoms with Gasteiger partial charge in [-0.1, -0.05) is 45.0 Å². The van der Waals surface area contributed by atoms with Gasteiger partial charge in [-0.05, 0) is 49.4 Å². The average molecular weight is 274 g/mol. The molecule has 1 aromatic carbocycles. The second kappa shape index (κ2) is 7.80. The number of hydrogen-bond donors (Lipinski definition) is 1. The number of benzene rings is 1. The lowest BCUT2D eigenvalue weighted by Gasteiger charge is -2.34. The molecule has 0 spiro atoms. The summed E-state index contributed by atoms with van der Waals surface area (Å²) >= 11 is 0. The van der Waals surface area contributed by atoms with Gasteiger partial charge < -0.3 is 10.2 Å². The molecule has 2 heteroatoms. The Morgan fingerprint density at radius 1 is 1.25 bits per heavy atom. The third-order valence-corrected chi connectivity index (χ3v) is 4.42. The smallest absolute Gasteiger partial charge is 0.0449 e. The van der Waals surface area contributed by atoms with Crippen LogP contribution in [0.2, 0.25) is 0 Å². The third kappa shape index (κ3) is 4.32. The Kier molecular flexibility index (Phi) is 6.06. The number of likely N-dealkylation sites (N-methyl/N-ethyl adjacent to an activating group) is 1. The zero-order valence-electron chi connectivity index (χ0n) is 13.4. The molecule has 0 aliphatic carbocycles. The summed E-state index contributed by atoms with van der Waals surface area (Å²) < 4.78 is 0. The Hall–Kier alpha value is -0.860. The number of hydrogen-bond acceptors (Lipinski definition) is 2. The van der Waals surface area contributed by atoms with E-state index in [2.05, 4.69) is 55.3 Å². The standard InChI is InChI=1S/C18H30N2/c1-4-16-8-10-17(11-9-16)18(19-5-2)14-20-12-6-7-15(3)13-20/h8-11,15,18-19H,4-7,12-14H2,1-3H3. The Morgan fingerprint density at radius 2 is 2.00 bits per heavy atom. The molecule has 1 fully saturated rings. The van der Waals surface area contributed by atoms with Gasteiger partial charge in [0.15, 0.2) is 0 Å². The summed E-state index contributed by atoms with van der Waals surface area (Å²) in [7, 11) is 0. The Balaban J connectivity index is 2.01. The summed E-state index contributed by atoms with van der Waals surface area (Å²) in [6.07, 6.45) is 3.87. The van der Waals surface area contributed by atoms with Crippen LogP contribution in [-0.2, 0) is 6.42 Å². The highest BCUT2D eigenvalue weighted by molar-refractivity contribution is 5.25. The highest BCUT2D eigenvalue weighted by Crippen LogP contribution is 2.20. The van der Waals surface area contributed by atoms with E-state index in [1.165, 1.54) is 37.1 Å². The summed E-state index contributed by atoms with van der Waals surface area (Å²) in [6.45, 7) is 11.5. The minimum absolute atomic E-state index is 0.469. The predicted octanol–water partition coefficient (Wildman–Crippen LogP) is 3.63. The van der Waals surface area contributed by atoms with Gasteiger partial charge in [0.1, 0.15) is 0 Å². The molecule has 0 aromatic heterocycles. The van der Waals surface area contributed by atoms with Crippen LogP contribution in [0, 0.1) is 5.92 Å². The zero-order valence-corrected chi connectivity index (χ0v) is 13.4. The van der Waals surface area contributed by atoms with Crippen molar-refractivity contribution in [2.75, 3.05) is 26.2 Å². The van der Waals surface area contributed by atoms with Crippen LogP contribution in [0.3, 0.4) is 0 Å². The maximum absolute atomic E-state index is 3.66. The molecule has 0 bridgehead atoms. The summed E-state index contributed by atoms with van der Waals surface area (Å²) in [6, 6.07) is 9.63. The number of nitrogens with one attached hydrogen (secondary N) is 1. The molecule has 2 rings (SSSR count).